The molecule has 0 aliphatic rings. The van der Waals surface area contributed by atoms with Crippen molar-refractivity contribution in [3.05, 3.63) is 23.3 Å². The van der Waals surface area contributed by atoms with Crippen LogP contribution in [-0.4, -0.2) is 18.4 Å². The van der Waals surface area contributed by atoms with Crippen LogP contribution in [0.4, 0.5) is 0 Å². The zero-order chi connectivity index (χ0) is 17.6. The van der Waals surface area contributed by atoms with Crippen LogP contribution in [0.25, 0.3) is 0 Å². The van der Waals surface area contributed by atoms with Gasteiger partial charge in [0.1, 0.15) is 0 Å². The molecule has 0 amide bonds. The van der Waals surface area contributed by atoms with Crippen LogP contribution >= 0.6 is 0 Å². The van der Waals surface area contributed by atoms with E-state index in [0.717, 1.165) is 0 Å². The Kier molecular flexibility index (Phi) is 14.8. The quantitative estimate of drug-likeness (QED) is 0.193. The summed E-state index contributed by atoms with van der Waals surface area (Å²) in [6.07, 6.45) is 16.2. The molecule has 0 saturated carbocycles. The SMILES string of the molecule is CCC[CH2][Sn]([CH2]C=C(C)CCC=C(C)C)([CH2]CCC)[CH2]CCC. The first-order valence-corrected chi connectivity index (χ1v) is 18.4. The minimum atomic E-state index is -1.92. The van der Waals surface area contributed by atoms with E-state index in [1.54, 1.807) is 18.9 Å². The molecule has 0 aromatic carbocycles. The number of hydrogen-bond donors (Lipinski definition) is 0. The fourth-order valence-corrected chi connectivity index (χ4v) is 19.0. The fraction of sp³-hybridized carbons (Fsp3) is 0.818. The molecule has 0 spiro atoms. The Bertz CT molecular complexity index is 312. The maximum absolute atomic E-state index is 2.68. The summed E-state index contributed by atoms with van der Waals surface area (Å²) in [4.78, 5) is 0. The zero-order valence-electron chi connectivity index (χ0n) is 17.1. The van der Waals surface area contributed by atoms with Crippen molar-refractivity contribution in [2.45, 2.75) is 111 Å². The van der Waals surface area contributed by atoms with E-state index in [-0.39, 0.29) is 0 Å². The number of rotatable bonds is 14. The van der Waals surface area contributed by atoms with E-state index in [1.807, 2.05) is 0 Å². The van der Waals surface area contributed by atoms with Gasteiger partial charge in [0.05, 0.1) is 0 Å². The standard InChI is InChI=1S/C10H17.3C4H9.Sn/c1-5-10(4)8-6-7-9(2)3;3*1-3-4-2;/h5,7H,1,6,8H2,2-4H3;3*1,3-4H2,2H3;. The zero-order valence-corrected chi connectivity index (χ0v) is 20.0. The molecule has 0 atom stereocenters. The summed E-state index contributed by atoms with van der Waals surface area (Å²) < 4.78 is 6.45. The van der Waals surface area contributed by atoms with Gasteiger partial charge >= 0.3 is 152 Å². The maximum atomic E-state index is 2.68. The van der Waals surface area contributed by atoms with Crippen LogP contribution in [0.1, 0.15) is 92.9 Å². The van der Waals surface area contributed by atoms with Crippen LogP contribution in [0.2, 0.25) is 17.7 Å². The molecular formula is C22H44Sn. The Hall–Kier alpha value is 0.279. The van der Waals surface area contributed by atoms with Crippen molar-refractivity contribution in [2.75, 3.05) is 0 Å². The molecule has 0 radical (unpaired) electrons. The Balaban J connectivity index is 4.81. The summed E-state index contributed by atoms with van der Waals surface area (Å²) >= 11 is -1.92. The van der Waals surface area contributed by atoms with Crippen molar-refractivity contribution < 1.29 is 0 Å². The van der Waals surface area contributed by atoms with E-state index >= 15 is 0 Å². The van der Waals surface area contributed by atoms with Gasteiger partial charge < -0.3 is 0 Å². The molecule has 0 aromatic heterocycles. The summed E-state index contributed by atoms with van der Waals surface area (Å²) in [6.45, 7) is 13.9. The van der Waals surface area contributed by atoms with Gasteiger partial charge in [0.15, 0.2) is 0 Å². The average Bonchev–Trinajstić information content (AvgIpc) is 2.53. The van der Waals surface area contributed by atoms with Crippen LogP contribution in [0, 0.1) is 0 Å². The molecule has 1 heteroatoms. The number of allylic oxidation sites excluding steroid dienone is 4. The Morgan fingerprint density at radius 3 is 1.61 bits per heavy atom. The monoisotopic (exact) mass is 428 g/mol. The Labute approximate surface area is 152 Å². The molecule has 0 saturated heterocycles. The number of unbranched alkanes of at least 4 members (excludes halogenated alkanes) is 3. The number of hydrogen-bond acceptors (Lipinski definition) is 0. The van der Waals surface area contributed by atoms with Crippen molar-refractivity contribution in [2.24, 2.45) is 0 Å². The van der Waals surface area contributed by atoms with Crippen molar-refractivity contribution in [1.82, 2.24) is 0 Å². The summed E-state index contributed by atoms with van der Waals surface area (Å²) in [5, 5.41) is 0. The molecule has 0 heterocycles. The van der Waals surface area contributed by atoms with E-state index in [0.29, 0.717) is 0 Å². The van der Waals surface area contributed by atoms with Gasteiger partial charge in [-0.15, -0.1) is 0 Å². The fourth-order valence-electron chi connectivity index (χ4n) is 3.42. The van der Waals surface area contributed by atoms with E-state index < -0.39 is 18.4 Å². The van der Waals surface area contributed by atoms with Gasteiger partial charge in [-0.2, -0.15) is 0 Å². The van der Waals surface area contributed by atoms with Gasteiger partial charge in [-0.1, -0.05) is 0 Å². The molecule has 0 aliphatic heterocycles. The van der Waals surface area contributed by atoms with Gasteiger partial charge in [0.2, 0.25) is 0 Å². The van der Waals surface area contributed by atoms with Crippen molar-refractivity contribution >= 4 is 18.4 Å². The Morgan fingerprint density at radius 2 is 1.22 bits per heavy atom. The predicted octanol–water partition coefficient (Wildman–Crippen LogP) is 8.53. The van der Waals surface area contributed by atoms with Crippen LogP contribution in [0.5, 0.6) is 0 Å². The molecule has 0 unspecified atom stereocenters. The average molecular weight is 427 g/mol. The second-order valence-corrected chi connectivity index (χ2v) is 21.9. The van der Waals surface area contributed by atoms with E-state index in [1.165, 1.54) is 61.4 Å². The summed E-state index contributed by atoms with van der Waals surface area (Å²) in [5.41, 5.74) is 3.10. The van der Waals surface area contributed by atoms with Gasteiger partial charge in [0, 0.05) is 0 Å². The molecule has 0 fully saturated rings. The summed E-state index contributed by atoms with van der Waals surface area (Å²) in [6, 6.07) is 0. The molecule has 136 valence electrons. The molecular weight excluding hydrogens is 383 g/mol. The predicted molar refractivity (Wildman–Crippen MR) is 112 cm³/mol. The van der Waals surface area contributed by atoms with Gasteiger partial charge in [-0.25, -0.2) is 0 Å². The summed E-state index contributed by atoms with van der Waals surface area (Å²) in [7, 11) is 0. The first kappa shape index (κ1) is 23.3. The molecule has 23 heavy (non-hydrogen) atoms. The van der Waals surface area contributed by atoms with Crippen LogP contribution < -0.4 is 0 Å². The minimum absolute atomic E-state index is 1.23. The van der Waals surface area contributed by atoms with E-state index in [9.17, 15) is 0 Å². The molecule has 0 N–H and O–H groups in total. The third kappa shape index (κ3) is 12.3. The third-order valence-electron chi connectivity index (χ3n) is 5.16. The van der Waals surface area contributed by atoms with Gasteiger partial charge in [-0.05, 0) is 0 Å². The second-order valence-electron chi connectivity index (χ2n) is 7.89. The molecule has 0 bridgehead atoms. The molecule has 0 aliphatic carbocycles. The first-order valence-electron chi connectivity index (χ1n) is 10.3. The second kappa shape index (κ2) is 14.6. The van der Waals surface area contributed by atoms with Crippen LogP contribution in [0.15, 0.2) is 23.3 Å². The molecule has 0 nitrogen and oxygen atoms in total. The molecule has 0 rings (SSSR count). The summed E-state index contributed by atoms with van der Waals surface area (Å²) in [5.74, 6) is 0. The van der Waals surface area contributed by atoms with Crippen LogP contribution in [0.3, 0.4) is 0 Å². The first-order chi connectivity index (χ1) is 11.0. The topological polar surface area (TPSA) is 0 Å². The third-order valence-corrected chi connectivity index (χ3v) is 20.3. The van der Waals surface area contributed by atoms with Crippen molar-refractivity contribution in [1.29, 1.82) is 0 Å². The van der Waals surface area contributed by atoms with Gasteiger partial charge in [-0.3, -0.25) is 0 Å². The van der Waals surface area contributed by atoms with Crippen molar-refractivity contribution in [3.63, 3.8) is 0 Å². The normalized spacial score (nSPS) is 12.5. The van der Waals surface area contributed by atoms with Crippen molar-refractivity contribution in [3.8, 4) is 0 Å². The van der Waals surface area contributed by atoms with Gasteiger partial charge in [0.25, 0.3) is 0 Å². The van der Waals surface area contributed by atoms with Crippen LogP contribution in [-0.2, 0) is 0 Å². The van der Waals surface area contributed by atoms with E-state index in [4.69, 9.17) is 0 Å². The molecule has 0 aromatic rings. The Morgan fingerprint density at radius 1 is 0.739 bits per heavy atom. The van der Waals surface area contributed by atoms with E-state index in [2.05, 4.69) is 53.7 Å².